The highest BCUT2D eigenvalue weighted by Gasteiger charge is 2.42. The molecule has 4 heterocycles. The Morgan fingerprint density at radius 2 is 2.00 bits per heavy atom. The predicted octanol–water partition coefficient (Wildman–Crippen LogP) is 3.43. The summed E-state index contributed by atoms with van der Waals surface area (Å²) in [5, 5.41) is 1.97. The van der Waals surface area contributed by atoms with Crippen LogP contribution in [0.2, 0.25) is 0 Å². The number of benzene rings is 1. The maximum absolute atomic E-state index is 13.5. The minimum absolute atomic E-state index is 0.0431. The van der Waals surface area contributed by atoms with Gasteiger partial charge in [0.25, 0.3) is 5.91 Å². The molecule has 6 heteroatoms. The molecule has 0 aliphatic carbocycles. The molecule has 1 aromatic heterocycles. The third-order valence-corrected chi connectivity index (χ3v) is 6.80. The third kappa shape index (κ3) is 3.47. The monoisotopic (exact) mass is 398 g/mol. The van der Waals surface area contributed by atoms with Crippen LogP contribution in [0.15, 0.2) is 35.7 Å². The Labute approximate surface area is 169 Å². The third-order valence-electron chi connectivity index (χ3n) is 5.88. The van der Waals surface area contributed by atoms with E-state index >= 15 is 0 Å². The van der Waals surface area contributed by atoms with Crippen molar-refractivity contribution in [2.24, 2.45) is 5.92 Å². The van der Waals surface area contributed by atoms with Crippen LogP contribution in [0.5, 0.6) is 0 Å². The molecule has 148 valence electrons. The van der Waals surface area contributed by atoms with Crippen LogP contribution in [0, 0.1) is 12.8 Å². The van der Waals surface area contributed by atoms with E-state index in [0.29, 0.717) is 26.2 Å². The first-order valence-corrected chi connectivity index (χ1v) is 10.7. The maximum atomic E-state index is 13.5. The van der Waals surface area contributed by atoms with Crippen LogP contribution in [0.4, 0.5) is 0 Å². The van der Waals surface area contributed by atoms with E-state index in [4.69, 9.17) is 4.74 Å². The zero-order valence-corrected chi connectivity index (χ0v) is 17.2. The van der Waals surface area contributed by atoms with E-state index in [1.807, 2.05) is 45.5 Å². The molecule has 2 bridgehead atoms. The van der Waals surface area contributed by atoms with Crippen molar-refractivity contribution in [2.45, 2.75) is 25.8 Å². The summed E-state index contributed by atoms with van der Waals surface area (Å²) >= 11 is 1.61. The summed E-state index contributed by atoms with van der Waals surface area (Å²) in [6, 6.07) is 10.2. The van der Waals surface area contributed by atoms with E-state index in [1.165, 1.54) is 0 Å². The Morgan fingerprint density at radius 1 is 1.21 bits per heavy atom. The quantitative estimate of drug-likeness (QED) is 0.775. The van der Waals surface area contributed by atoms with E-state index < -0.39 is 0 Å². The molecule has 3 saturated heterocycles. The van der Waals surface area contributed by atoms with Crippen LogP contribution in [0.25, 0.3) is 11.1 Å². The van der Waals surface area contributed by atoms with Crippen molar-refractivity contribution in [3.63, 3.8) is 0 Å². The molecule has 3 fully saturated rings. The van der Waals surface area contributed by atoms with Crippen LogP contribution >= 0.6 is 11.3 Å². The fourth-order valence-electron chi connectivity index (χ4n) is 4.44. The number of nitrogens with zero attached hydrogens (tertiary/aromatic N) is 2. The zero-order valence-electron chi connectivity index (χ0n) is 16.4. The zero-order chi connectivity index (χ0) is 19.7. The maximum Gasteiger partial charge on any atom is 0.255 e. The minimum Gasteiger partial charge on any atom is -0.383 e. The van der Waals surface area contributed by atoms with Gasteiger partial charge < -0.3 is 14.5 Å². The van der Waals surface area contributed by atoms with Crippen LogP contribution in [0.1, 0.15) is 28.1 Å². The van der Waals surface area contributed by atoms with Crippen LogP contribution in [0.3, 0.4) is 0 Å². The molecule has 0 spiro atoms. The molecule has 5 nitrogen and oxygen atoms in total. The molecule has 3 aliphatic rings. The molecule has 2 atom stereocenters. The highest BCUT2D eigenvalue weighted by molar-refractivity contribution is 7.10. The van der Waals surface area contributed by atoms with Gasteiger partial charge in [-0.25, -0.2) is 0 Å². The first-order valence-electron chi connectivity index (χ1n) is 9.82. The van der Waals surface area contributed by atoms with Gasteiger partial charge in [-0.05, 0) is 25.3 Å². The largest absolute Gasteiger partial charge is 0.383 e. The van der Waals surface area contributed by atoms with Gasteiger partial charge in [-0.1, -0.05) is 30.3 Å². The Morgan fingerprint density at radius 3 is 2.75 bits per heavy atom. The minimum atomic E-state index is -0.0977. The van der Waals surface area contributed by atoms with Crippen molar-refractivity contribution in [3.05, 3.63) is 46.2 Å². The van der Waals surface area contributed by atoms with Crippen molar-refractivity contribution >= 4 is 23.2 Å². The number of methoxy groups -OCH3 is 1. The Kier molecular flexibility index (Phi) is 5.51. The van der Waals surface area contributed by atoms with Crippen LogP contribution < -0.4 is 0 Å². The number of aryl methyl sites for hydroxylation is 1. The number of hydrogen-bond donors (Lipinski definition) is 0. The normalized spacial score (nSPS) is 21.9. The van der Waals surface area contributed by atoms with Gasteiger partial charge in [0, 0.05) is 48.6 Å². The van der Waals surface area contributed by atoms with Crippen molar-refractivity contribution in [1.82, 2.24) is 9.80 Å². The van der Waals surface area contributed by atoms with Gasteiger partial charge in [-0.3, -0.25) is 9.59 Å². The first-order chi connectivity index (χ1) is 13.6. The lowest BCUT2D eigenvalue weighted by Gasteiger charge is -2.35. The first kappa shape index (κ1) is 19.2. The van der Waals surface area contributed by atoms with Crippen LogP contribution in [-0.2, 0) is 9.53 Å². The lowest BCUT2D eigenvalue weighted by atomic mass is 9.94. The molecule has 2 aromatic rings. The summed E-state index contributed by atoms with van der Waals surface area (Å²) in [5.41, 5.74) is 2.85. The van der Waals surface area contributed by atoms with Gasteiger partial charge in [0.15, 0.2) is 0 Å². The molecular formula is C22H26N2O3S. The van der Waals surface area contributed by atoms with E-state index in [2.05, 4.69) is 6.92 Å². The number of fused-ring (bicyclic) bond motifs is 4. The van der Waals surface area contributed by atoms with Gasteiger partial charge >= 0.3 is 0 Å². The second-order valence-electron chi connectivity index (χ2n) is 7.61. The molecule has 3 aliphatic heterocycles. The van der Waals surface area contributed by atoms with E-state index in [9.17, 15) is 9.59 Å². The highest BCUT2D eigenvalue weighted by Crippen LogP contribution is 2.35. The van der Waals surface area contributed by atoms with E-state index in [0.717, 1.165) is 34.4 Å². The smallest absolute Gasteiger partial charge is 0.255 e. The second kappa shape index (κ2) is 8.05. The summed E-state index contributed by atoms with van der Waals surface area (Å²) in [6.07, 6.45) is 1.82. The molecular weight excluding hydrogens is 372 g/mol. The molecule has 2 amide bonds. The number of carbonyl (C=O) groups excluding carboxylic acids is 2. The number of amides is 2. The molecule has 1 aromatic carbocycles. The highest BCUT2D eigenvalue weighted by atomic mass is 32.1. The fraction of sp³-hybridized carbons (Fsp3) is 0.455. The predicted molar refractivity (Wildman–Crippen MR) is 110 cm³/mol. The standard InChI is InChI=1S/C22H26N2O3S/c1-15-20(16-6-4-3-5-7-16)19(14-28-15)22(26)23-12-17-8-9-18(13-23)24(21(17)25)10-11-27-2/h3-7,14,17-18H,8-13H2,1-2H3/t17-,18+/m0/s1. The number of carbonyl (C=O) groups is 2. The summed E-state index contributed by atoms with van der Waals surface area (Å²) in [6.45, 7) is 4.32. The summed E-state index contributed by atoms with van der Waals surface area (Å²) in [7, 11) is 1.65. The number of ether oxygens (including phenoxy) is 1. The van der Waals surface area contributed by atoms with Crippen molar-refractivity contribution in [1.29, 1.82) is 0 Å². The number of rotatable bonds is 5. The Balaban J connectivity index is 1.61. The fourth-order valence-corrected chi connectivity index (χ4v) is 5.29. The second-order valence-corrected chi connectivity index (χ2v) is 8.69. The SMILES string of the molecule is COCCN1C(=O)[C@H]2CC[C@@H]1CN(C(=O)c1csc(C)c1-c1ccccc1)C2. The summed E-state index contributed by atoms with van der Waals surface area (Å²) in [4.78, 5) is 31.3. The Hall–Kier alpha value is -2.18. The lowest BCUT2D eigenvalue weighted by Crippen LogP contribution is -2.49. The van der Waals surface area contributed by atoms with E-state index in [-0.39, 0.29) is 23.8 Å². The topological polar surface area (TPSA) is 49.9 Å². The average Bonchev–Trinajstić information content (AvgIpc) is 2.89. The van der Waals surface area contributed by atoms with Gasteiger partial charge in [0.05, 0.1) is 18.1 Å². The number of thiophene rings is 1. The van der Waals surface area contributed by atoms with Crippen molar-refractivity contribution in [3.8, 4) is 11.1 Å². The number of piperidine rings is 1. The molecule has 0 radical (unpaired) electrons. The summed E-state index contributed by atoms with van der Waals surface area (Å²) < 4.78 is 5.18. The molecule has 28 heavy (non-hydrogen) atoms. The van der Waals surface area contributed by atoms with Gasteiger partial charge in [0.1, 0.15) is 0 Å². The molecule has 0 unspecified atom stereocenters. The van der Waals surface area contributed by atoms with Gasteiger partial charge in [-0.2, -0.15) is 0 Å². The van der Waals surface area contributed by atoms with Crippen molar-refractivity contribution < 1.29 is 14.3 Å². The van der Waals surface area contributed by atoms with Gasteiger partial charge in [0.2, 0.25) is 5.91 Å². The van der Waals surface area contributed by atoms with E-state index in [1.54, 1.807) is 18.4 Å². The molecule has 5 rings (SSSR count). The Bertz CT molecular complexity index is 864. The molecule has 0 N–H and O–H groups in total. The lowest BCUT2D eigenvalue weighted by molar-refractivity contribution is -0.140. The average molecular weight is 399 g/mol. The van der Waals surface area contributed by atoms with Crippen LogP contribution in [-0.4, -0.2) is 61.0 Å². The van der Waals surface area contributed by atoms with Gasteiger partial charge in [-0.15, -0.1) is 11.3 Å². The summed E-state index contributed by atoms with van der Waals surface area (Å²) in [5.74, 6) is 0.120. The van der Waals surface area contributed by atoms with Crippen molar-refractivity contribution in [2.75, 3.05) is 33.4 Å². The number of hydrogen-bond acceptors (Lipinski definition) is 4. The molecule has 0 saturated carbocycles.